The summed E-state index contributed by atoms with van der Waals surface area (Å²) in [5.74, 6) is -1.74. The standard InChI is InChI=1S/C16H20N4O3S/c1-16(6-4-3-5-11(16)15(22)23)19-13(21)12-9-24-14(18-12)10-7-17-20(2)8-10/h7-9,11H,3-6H2,1-2H3,(H,19,21)(H,22,23). The van der Waals surface area contributed by atoms with Crippen LogP contribution in [0.1, 0.15) is 43.1 Å². The zero-order chi connectivity index (χ0) is 17.3. The van der Waals surface area contributed by atoms with Crippen LogP contribution >= 0.6 is 11.3 Å². The van der Waals surface area contributed by atoms with Crippen LogP contribution in [0, 0.1) is 5.92 Å². The Bertz CT molecular complexity index is 769. The van der Waals surface area contributed by atoms with Crippen LogP contribution in [0.15, 0.2) is 17.8 Å². The summed E-state index contributed by atoms with van der Waals surface area (Å²) in [6, 6.07) is 0. The van der Waals surface area contributed by atoms with Crippen molar-refractivity contribution in [3.63, 3.8) is 0 Å². The molecule has 0 radical (unpaired) electrons. The summed E-state index contributed by atoms with van der Waals surface area (Å²) in [7, 11) is 1.82. The molecule has 2 atom stereocenters. The first-order chi connectivity index (χ1) is 11.4. The average molecular weight is 348 g/mol. The van der Waals surface area contributed by atoms with Crippen molar-refractivity contribution in [2.75, 3.05) is 0 Å². The van der Waals surface area contributed by atoms with Crippen molar-refractivity contribution in [2.24, 2.45) is 13.0 Å². The summed E-state index contributed by atoms with van der Waals surface area (Å²) < 4.78 is 1.68. The molecule has 2 aromatic heterocycles. The molecular formula is C16H20N4O3S. The van der Waals surface area contributed by atoms with E-state index in [1.54, 1.807) is 16.3 Å². The topological polar surface area (TPSA) is 97.1 Å². The van der Waals surface area contributed by atoms with Gasteiger partial charge in [0, 0.05) is 24.2 Å². The molecule has 2 unspecified atom stereocenters. The van der Waals surface area contributed by atoms with Gasteiger partial charge in [0.05, 0.1) is 17.7 Å². The van der Waals surface area contributed by atoms with Crippen molar-refractivity contribution in [3.05, 3.63) is 23.5 Å². The van der Waals surface area contributed by atoms with E-state index in [9.17, 15) is 14.7 Å². The molecule has 1 amide bonds. The Balaban J connectivity index is 1.77. The van der Waals surface area contributed by atoms with Crippen LogP contribution in [-0.2, 0) is 11.8 Å². The van der Waals surface area contributed by atoms with Crippen LogP contribution < -0.4 is 5.32 Å². The number of nitrogens with zero attached hydrogens (tertiary/aromatic N) is 3. The molecule has 2 N–H and O–H groups in total. The predicted octanol–water partition coefficient (Wildman–Crippen LogP) is 2.31. The fourth-order valence-electron chi connectivity index (χ4n) is 3.24. The molecule has 2 aromatic rings. The van der Waals surface area contributed by atoms with E-state index in [-0.39, 0.29) is 5.91 Å². The van der Waals surface area contributed by atoms with Gasteiger partial charge < -0.3 is 10.4 Å². The van der Waals surface area contributed by atoms with Crippen LogP contribution in [0.4, 0.5) is 0 Å². The van der Waals surface area contributed by atoms with Crippen LogP contribution in [0.25, 0.3) is 10.6 Å². The molecule has 0 spiro atoms. The van der Waals surface area contributed by atoms with Gasteiger partial charge in [-0.2, -0.15) is 5.10 Å². The van der Waals surface area contributed by atoms with Crippen LogP contribution in [0.5, 0.6) is 0 Å². The molecule has 0 bridgehead atoms. The quantitative estimate of drug-likeness (QED) is 0.884. The first-order valence-corrected chi connectivity index (χ1v) is 8.77. The van der Waals surface area contributed by atoms with Gasteiger partial charge in [0.1, 0.15) is 10.7 Å². The Morgan fingerprint density at radius 2 is 2.25 bits per heavy atom. The average Bonchev–Trinajstić information content (AvgIpc) is 3.15. The van der Waals surface area contributed by atoms with E-state index in [0.29, 0.717) is 18.5 Å². The van der Waals surface area contributed by atoms with Gasteiger partial charge >= 0.3 is 5.97 Å². The second kappa shape index (κ2) is 6.35. The third-order valence-electron chi connectivity index (χ3n) is 4.59. The number of amides is 1. The number of aromatic nitrogens is 3. The Morgan fingerprint density at radius 1 is 1.46 bits per heavy atom. The van der Waals surface area contributed by atoms with Crippen molar-refractivity contribution in [3.8, 4) is 10.6 Å². The molecule has 1 saturated carbocycles. The number of rotatable bonds is 4. The molecule has 0 aromatic carbocycles. The maximum atomic E-state index is 12.6. The number of nitrogens with one attached hydrogen (secondary N) is 1. The number of hydrogen-bond donors (Lipinski definition) is 2. The van der Waals surface area contributed by atoms with Crippen LogP contribution in [0.2, 0.25) is 0 Å². The van der Waals surface area contributed by atoms with E-state index in [0.717, 1.165) is 23.4 Å². The van der Waals surface area contributed by atoms with Gasteiger partial charge in [0.15, 0.2) is 0 Å². The molecule has 0 aliphatic heterocycles. The number of carbonyl (C=O) groups excluding carboxylic acids is 1. The fraction of sp³-hybridized carbons (Fsp3) is 0.500. The van der Waals surface area contributed by atoms with Crippen molar-refractivity contribution in [1.82, 2.24) is 20.1 Å². The number of aryl methyl sites for hydroxylation is 1. The fourth-order valence-corrected chi connectivity index (χ4v) is 4.02. The van der Waals surface area contributed by atoms with E-state index >= 15 is 0 Å². The summed E-state index contributed by atoms with van der Waals surface area (Å²) in [6.45, 7) is 1.82. The highest BCUT2D eigenvalue weighted by Crippen LogP contribution is 2.34. The zero-order valence-electron chi connectivity index (χ0n) is 13.7. The molecule has 1 fully saturated rings. The molecule has 8 heteroatoms. The van der Waals surface area contributed by atoms with Crippen LogP contribution in [0.3, 0.4) is 0 Å². The second-order valence-electron chi connectivity index (χ2n) is 6.45. The minimum Gasteiger partial charge on any atom is -0.481 e. The maximum absolute atomic E-state index is 12.6. The summed E-state index contributed by atoms with van der Waals surface area (Å²) in [5, 5.41) is 18.9. The number of thiazole rings is 1. The van der Waals surface area contributed by atoms with Gasteiger partial charge in [0.25, 0.3) is 5.91 Å². The van der Waals surface area contributed by atoms with E-state index in [2.05, 4.69) is 15.4 Å². The number of carbonyl (C=O) groups is 2. The Hall–Kier alpha value is -2.22. The second-order valence-corrected chi connectivity index (χ2v) is 7.31. The third-order valence-corrected chi connectivity index (χ3v) is 5.49. The maximum Gasteiger partial charge on any atom is 0.308 e. The SMILES string of the molecule is Cn1cc(-c2nc(C(=O)NC3(C)CCCCC3C(=O)O)cs2)cn1. The highest BCUT2D eigenvalue weighted by atomic mass is 32.1. The van der Waals surface area contributed by atoms with Gasteiger partial charge in [-0.25, -0.2) is 4.98 Å². The summed E-state index contributed by atoms with van der Waals surface area (Å²) >= 11 is 1.37. The summed E-state index contributed by atoms with van der Waals surface area (Å²) in [5.41, 5.74) is 0.433. The van der Waals surface area contributed by atoms with Gasteiger partial charge in [-0.3, -0.25) is 14.3 Å². The summed E-state index contributed by atoms with van der Waals surface area (Å²) in [6.07, 6.45) is 6.58. The van der Waals surface area contributed by atoms with E-state index < -0.39 is 17.4 Å². The van der Waals surface area contributed by atoms with Gasteiger partial charge in [0.2, 0.25) is 0 Å². The first-order valence-electron chi connectivity index (χ1n) is 7.89. The molecule has 24 heavy (non-hydrogen) atoms. The normalized spacial score (nSPS) is 23.8. The molecule has 2 heterocycles. The van der Waals surface area contributed by atoms with Crippen molar-refractivity contribution < 1.29 is 14.7 Å². The minimum absolute atomic E-state index is 0.315. The van der Waals surface area contributed by atoms with Crippen LogP contribution in [-0.4, -0.2) is 37.3 Å². The van der Waals surface area contributed by atoms with E-state index in [1.165, 1.54) is 11.3 Å². The van der Waals surface area contributed by atoms with Gasteiger partial charge in [-0.05, 0) is 19.8 Å². The molecule has 1 aliphatic carbocycles. The molecule has 1 aliphatic rings. The Kier molecular flexibility index (Phi) is 4.40. The Labute approximate surface area is 143 Å². The Morgan fingerprint density at radius 3 is 2.92 bits per heavy atom. The number of carboxylic acids is 1. The van der Waals surface area contributed by atoms with Gasteiger partial charge in [-0.15, -0.1) is 11.3 Å². The lowest BCUT2D eigenvalue weighted by Crippen LogP contribution is -2.55. The van der Waals surface area contributed by atoms with Crippen molar-refractivity contribution >= 4 is 23.2 Å². The highest BCUT2D eigenvalue weighted by Gasteiger charge is 2.42. The lowest BCUT2D eigenvalue weighted by atomic mass is 9.74. The zero-order valence-corrected chi connectivity index (χ0v) is 14.5. The minimum atomic E-state index is -0.855. The predicted molar refractivity (Wildman–Crippen MR) is 89.8 cm³/mol. The first kappa shape index (κ1) is 16.6. The van der Waals surface area contributed by atoms with Crippen molar-refractivity contribution in [1.29, 1.82) is 0 Å². The number of carboxylic acid groups (broad SMARTS) is 1. The highest BCUT2D eigenvalue weighted by molar-refractivity contribution is 7.13. The largest absolute Gasteiger partial charge is 0.481 e. The van der Waals surface area contributed by atoms with Gasteiger partial charge in [-0.1, -0.05) is 12.8 Å². The molecule has 128 valence electrons. The van der Waals surface area contributed by atoms with E-state index in [4.69, 9.17) is 0 Å². The lowest BCUT2D eigenvalue weighted by molar-refractivity contribution is -0.145. The van der Waals surface area contributed by atoms with E-state index in [1.807, 2.05) is 20.2 Å². The monoisotopic (exact) mass is 348 g/mol. The molecule has 7 nitrogen and oxygen atoms in total. The number of aliphatic carboxylic acids is 1. The molecule has 3 rings (SSSR count). The lowest BCUT2D eigenvalue weighted by Gasteiger charge is -2.39. The third kappa shape index (κ3) is 3.19. The molecular weight excluding hydrogens is 328 g/mol. The molecule has 0 saturated heterocycles. The smallest absolute Gasteiger partial charge is 0.308 e. The number of hydrogen-bond acceptors (Lipinski definition) is 5. The van der Waals surface area contributed by atoms with Crippen molar-refractivity contribution in [2.45, 2.75) is 38.1 Å². The summed E-state index contributed by atoms with van der Waals surface area (Å²) in [4.78, 5) is 28.4.